The van der Waals surface area contributed by atoms with E-state index < -0.39 is 0 Å². The first-order chi connectivity index (χ1) is 7.18. The third-order valence-electron chi connectivity index (χ3n) is 3.02. The van der Waals surface area contributed by atoms with Gasteiger partial charge in [-0.15, -0.1) is 0 Å². The maximum atomic E-state index is 5.39. The third kappa shape index (κ3) is 2.23. The van der Waals surface area contributed by atoms with E-state index in [4.69, 9.17) is 4.52 Å². The highest BCUT2D eigenvalue weighted by Gasteiger charge is 2.26. The molecule has 1 aliphatic carbocycles. The summed E-state index contributed by atoms with van der Waals surface area (Å²) in [5, 5.41) is 7.56. The Hall–Kier alpha value is -0.830. The summed E-state index contributed by atoms with van der Waals surface area (Å²) in [4.78, 5) is 0. The van der Waals surface area contributed by atoms with E-state index >= 15 is 0 Å². The van der Waals surface area contributed by atoms with Crippen LogP contribution in [0.25, 0.3) is 0 Å². The lowest BCUT2D eigenvalue weighted by atomic mass is 10.1. The van der Waals surface area contributed by atoms with Gasteiger partial charge in [-0.3, -0.25) is 0 Å². The molecule has 1 aromatic rings. The van der Waals surface area contributed by atoms with Crippen molar-refractivity contribution in [2.24, 2.45) is 5.92 Å². The van der Waals surface area contributed by atoms with Crippen molar-refractivity contribution in [2.75, 3.05) is 6.54 Å². The molecule has 1 unspecified atom stereocenters. The Labute approximate surface area is 91.2 Å². The highest BCUT2D eigenvalue weighted by atomic mass is 16.5. The fourth-order valence-corrected chi connectivity index (χ4v) is 2.12. The monoisotopic (exact) mass is 208 g/mol. The Kier molecular flexibility index (Phi) is 3.10. The van der Waals surface area contributed by atoms with E-state index in [1.165, 1.54) is 12.0 Å². The molecule has 2 rings (SSSR count). The number of nitrogens with zero attached hydrogens (tertiary/aromatic N) is 1. The standard InChI is InChI=1S/C12H20N2O/c1-8(2)6-13-7-11-10-5-4-9(3)12(10)15-14-11/h8-9,13H,4-7H2,1-3H3. The van der Waals surface area contributed by atoms with Gasteiger partial charge in [0.15, 0.2) is 0 Å². The van der Waals surface area contributed by atoms with Crippen LogP contribution in [0.2, 0.25) is 0 Å². The van der Waals surface area contributed by atoms with Gasteiger partial charge in [0.2, 0.25) is 0 Å². The molecule has 3 heteroatoms. The lowest BCUT2D eigenvalue weighted by Gasteiger charge is -2.05. The molecule has 1 atom stereocenters. The fraction of sp³-hybridized carbons (Fsp3) is 0.750. The first kappa shape index (κ1) is 10.7. The van der Waals surface area contributed by atoms with E-state index in [1.54, 1.807) is 0 Å². The second-order valence-corrected chi connectivity index (χ2v) is 4.94. The summed E-state index contributed by atoms with van der Waals surface area (Å²) >= 11 is 0. The number of nitrogens with one attached hydrogen (secondary N) is 1. The minimum Gasteiger partial charge on any atom is -0.361 e. The van der Waals surface area contributed by atoms with Gasteiger partial charge in [-0.05, 0) is 25.3 Å². The van der Waals surface area contributed by atoms with Crippen LogP contribution in [0, 0.1) is 5.92 Å². The summed E-state index contributed by atoms with van der Waals surface area (Å²) in [7, 11) is 0. The van der Waals surface area contributed by atoms with Crippen LogP contribution in [0.15, 0.2) is 4.52 Å². The van der Waals surface area contributed by atoms with Gasteiger partial charge in [0.05, 0.1) is 0 Å². The van der Waals surface area contributed by atoms with Gasteiger partial charge in [-0.2, -0.15) is 0 Å². The molecule has 0 fully saturated rings. The molecule has 84 valence electrons. The first-order valence-electron chi connectivity index (χ1n) is 5.86. The minimum absolute atomic E-state index is 0.561. The quantitative estimate of drug-likeness (QED) is 0.826. The lowest BCUT2D eigenvalue weighted by molar-refractivity contribution is 0.360. The predicted molar refractivity (Wildman–Crippen MR) is 59.8 cm³/mol. The van der Waals surface area contributed by atoms with Crippen LogP contribution in [0.1, 0.15) is 50.1 Å². The summed E-state index contributed by atoms with van der Waals surface area (Å²) in [6.07, 6.45) is 2.35. The zero-order valence-electron chi connectivity index (χ0n) is 9.84. The maximum absolute atomic E-state index is 5.39. The second-order valence-electron chi connectivity index (χ2n) is 4.94. The number of fused-ring (bicyclic) bond motifs is 1. The van der Waals surface area contributed by atoms with E-state index in [1.807, 2.05) is 0 Å². The van der Waals surface area contributed by atoms with E-state index in [0.717, 1.165) is 31.0 Å². The SMILES string of the molecule is CC(C)CNCc1noc2c1CCC2C. The zero-order chi connectivity index (χ0) is 10.8. The number of hydrogen-bond donors (Lipinski definition) is 1. The Morgan fingerprint density at radius 1 is 1.53 bits per heavy atom. The summed E-state index contributed by atoms with van der Waals surface area (Å²) in [5.74, 6) is 2.37. The zero-order valence-corrected chi connectivity index (χ0v) is 9.84. The van der Waals surface area contributed by atoms with Crippen molar-refractivity contribution < 1.29 is 4.52 Å². The van der Waals surface area contributed by atoms with Crippen molar-refractivity contribution in [3.05, 3.63) is 17.0 Å². The summed E-state index contributed by atoms with van der Waals surface area (Å²) < 4.78 is 5.39. The third-order valence-corrected chi connectivity index (χ3v) is 3.02. The molecule has 1 heterocycles. The lowest BCUT2D eigenvalue weighted by Crippen LogP contribution is -2.19. The van der Waals surface area contributed by atoms with Crippen molar-refractivity contribution in [3.63, 3.8) is 0 Å². The summed E-state index contributed by atoms with van der Waals surface area (Å²) in [6.45, 7) is 8.52. The topological polar surface area (TPSA) is 38.1 Å². The van der Waals surface area contributed by atoms with Gasteiger partial charge in [0.25, 0.3) is 0 Å². The average Bonchev–Trinajstić information content (AvgIpc) is 2.71. The summed E-state index contributed by atoms with van der Waals surface area (Å²) in [6, 6.07) is 0. The molecule has 0 spiro atoms. The van der Waals surface area contributed by atoms with E-state index in [9.17, 15) is 0 Å². The smallest absolute Gasteiger partial charge is 0.143 e. The molecular formula is C12H20N2O. The number of aromatic nitrogens is 1. The predicted octanol–water partition coefficient (Wildman–Crippen LogP) is 2.47. The molecule has 0 bridgehead atoms. The Balaban J connectivity index is 1.96. The first-order valence-corrected chi connectivity index (χ1v) is 5.86. The average molecular weight is 208 g/mol. The molecule has 0 saturated heterocycles. The van der Waals surface area contributed by atoms with Gasteiger partial charge in [-0.1, -0.05) is 25.9 Å². The van der Waals surface area contributed by atoms with Crippen LogP contribution >= 0.6 is 0 Å². The number of rotatable bonds is 4. The van der Waals surface area contributed by atoms with Gasteiger partial charge >= 0.3 is 0 Å². The van der Waals surface area contributed by atoms with Crippen molar-refractivity contribution in [1.82, 2.24) is 10.5 Å². The largest absolute Gasteiger partial charge is 0.361 e. The minimum atomic E-state index is 0.561. The van der Waals surface area contributed by atoms with Crippen molar-refractivity contribution in [3.8, 4) is 0 Å². The molecule has 1 aliphatic rings. The normalized spacial score (nSPS) is 19.9. The molecule has 1 aromatic heterocycles. The van der Waals surface area contributed by atoms with Gasteiger partial charge in [-0.25, -0.2) is 0 Å². The molecule has 0 amide bonds. The van der Waals surface area contributed by atoms with Crippen LogP contribution in [-0.2, 0) is 13.0 Å². The van der Waals surface area contributed by atoms with Crippen LogP contribution < -0.4 is 5.32 Å². The molecule has 0 radical (unpaired) electrons. The molecule has 1 N–H and O–H groups in total. The van der Waals surface area contributed by atoms with E-state index in [2.05, 4.69) is 31.2 Å². The van der Waals surface area contributed by atoms with Crippen LogP contribution in [0.5, 0.6) is 0 Å². The highest BCUT2D eigenvalue weighted by molar-refractivity contribution is 5.30. The van der Waals surface area contributed by atoms with E-state index in [0.29, 0.717) is 11.8 Å². The highest BCUT2D eigenvalue weighted by Crippen LogP contribution is 2.34. The molecule has 15 heavy (non-hydrogen) atoms. The van der Waals surface area contributed by atoms with Gasteiger partial charge in [0.1, 0.15) is 11.5 Å². The van der Waals surface area contributed by atoms with Crippen LogP contribution in [0.3, 0.4) is 0 Å². The Bertz CT molecular complexity index is 330. The van der Waals surface area contributed by atoms with Crippen LogP contribution in [-0.4, -0.2) is 11.7 Å². The Morgan fingerprint density at radius 2 is 2.33 bits per heavy atom. The molecule has 0 aromatic carbocycles. The van der Waals surface area contributed by atoms with Crippen LogP contribution in [0.4, 0.5) is 0 Å². The molecule has 0 aliphatic heterocycles. The van der Waals surface area contributed by atoms with Crippen molar-refractivity contribution in [1.29, 1.82) is 0 Å². The fourth-order valence-electron chi connectivity index (χ4n) is 2.12. The van der Waals surface area contributed by atoms with Gasteiger partial charge < -0.3 is 9.84 Å². The number of hydrogen-bond acceptors (Lipinski definition) is 3. The van der Waals surface area contributed by atoms with Crippen molar-refractivity contribution in [2.45, 2.75) is 46.1 Å². The van der Waals surface area contributed by atoms with Gasteiger partial charge in [0, 0.05) is 18.0 Å². The second kappa shape index (κ2) is 4.35. The Morgan fingerprint density at radius 3 is 3.07 bits per heavy atom. The van der Waals surface area contributed by atoms with E-state index in [-0.39, 0.29) is 0 Å². The molecular weight excluding hydrogens is 188 g/mol. The van der Waals surface area contributed by atoms with Crippen molar-refractivity contribution >= 4 is 0 Å². The molecule has 3 nitrogen and oxygen atoms in total. The molecule has 0 saturated carbocycles. The maximum Gasteiger partial charge on any atom is 0.143 e. The summed E-state index contributed by atoms with van der Waals surface area (Å²) in [5.41, 5.74) is 2.48.